The van der Waals surface area contributed by atoms with Gasteiger partial charge in [-0.15, -0.1) is 0 Å². The summed E-state index contributed by atoms with van der Waals surface area (Å²) in [6.07, 6.45) is 0. The summed E-state index contributed by atoms with van der Waals surface area (Å²) in [4.78, 5) is 11.8. The smallest absolute Gasteiger partial charge is 0.193 e. The summed E-state index contributed by atoms with van der Waals surface area (Å²) in [7, 11) is 0. The summed E-state index contributed by atoms with van der Waals surface area (Å²) in [6.45, 7) is 0. The first-order chi connectivity index (χ1) is 6.88. The molecule has 2 heteroatoms. The first kappa shape index (κ1) is 12.8. The van der Waals surface area contributed by atoms with Crippen molar-refractivity contribution in [3.05, 3.63) is 71.8 Å². The molecule has 0 unspecified atom stereocenters. The largest absolute Gasteiger partial charge is 0.289 e. The number of carbonyl (C=O) groups is 1. The van der Waals surface area contributed by atoms with Gasteiger partial charge < -0.3 is 0 Å². The predicted octanol–water partition coefficient (Wildman–Crippen LogP) is 2.92. The average Bonchev–Trinajstić information content (AvgIpc) is 2.30. The second-order valence-corrected chi connectivity index (χ2v) is 3.06. The maximum absolute atomic E-state index is 11.8. The van der Waals surface area contributed by atoms with Crippen LogP contribution in [-0.4, -0.2) is 5.78 Å². The molecule has 0 heterocycles. The molecule has 0 bridgehead atoms. The molecule has 0 saturated heterocycles. The Labute approximate surface area is 130 Å². The Kier molecular flexibility index (Phi) is 5.37. The van der Waals surface area contributed by atoms with E-state index in [0.29, 0.717) is 0 Å². The van der Waals surface area contributed by atoms with Gasteiger partial charge in [-0.3, -0.25) is 4.79 Å². The van der Waals surface area contributed by atoms with Gasteiger partial charge in [-0.1, -0.05) is 60.7 Å². The van der Waals surface area contributed by atoms with Crippen LogP contribution in [0.5, 0.6) is 0 Å². The van der Waals surface area contributed by atoms with Gasteiger partial charge in [0.15, 0.2) is 5.78 Å². The van der Waals surface area contributed by atoms with Crippen LogP contribution >= 0.6 is 0 Å². The van der Waals surface area contributed by atoms with Crippen LogP contribution in [0.3, 0.4) is 0 Å². The van der Waals surface area contributed by atoms with Gasteiger partial charge in [-0.2, -0.15) is 0 Å². The second kappa shape index (κ2) is 6.31. The van der Waals surface area contributed by atoms with E-state index in [1.807, 2.05) is 60.7 Å². The van der Waals surface area contributed by atoms with Gasteiger partial charge in [0.1, 0.15) is 0 Å². The Balaban J connectivity index is 0.00000112. The molecule has 0 N–H and O–H groups in total. The van der Waals surface area contributed by atoms with Gasteiger partial charge in [0, 0.05) is 60.5 Å². The van der Waals surface area contributed by atoms with E-state index in [1.54, 1.807) is 0 Å². The zero-order valence-corrected chi connectivity index (χ0v) is 10.5. The van der Waals surface area contributed by atoms with Crippen LogP contribution < -0.4 is 0 Å². The zero-order valence-electron chi connectivity index (χ0n) is 8.06. The number of hydrogen-bond acceptors (Lipinski definition) is 1. The SMILES string of the molecule is O=C(c1ccccc1)c1ccccc1.[Eu]. The minimum atomic E-state index is 0. The fraction of sp³-hybridized carbons (Fsp3) is 0. The van der Waals surface area contributed by atoms with E-state index in [1.165, 1.54) is 0 Å². The average molecular weight is 334 g/mol. The van der Waals surface area contributed by atoms with Crippen molar-refractivity contribution >= 4 is 5.78 Å². The van der Waals surface area contributed by atoms with Crippen molar-refractivity contribution in [2.75, 3.05) is 0 Å². The Bertz CT molecular complexity index is 381. The molecule has 2 aromatic carbocycles. The summed E-state index contributed by atoms with van der Waals surface area (Å²) in [5, 5.41) is 0. The Morgan fingerprint density at radius 3 is 1.33 bits per heavy atom. The summed E-state index contributed by atoms with van der Waals surface area (Å²) < 4.78 is 0. The topological polar surface area (TPSA) is 17.1 Å². The molecule has 2 rings (SSSR count). The first-order valence-electron chi connectivity index (χ1n) is 4.53. The van der Waals surface area contributed by atoms with Crippen LogP contribution in [-0.2, 0) is 0 Å². The third-order valence-electron chi connectivity index (χ3n) is 2.07. The first-order valence-corrected chi connectivity index (χ1v) is 4.53. The third kappa shape index (κ3) is 3.34. The molecule has 1 radical (unpaired) electrons. The van der Waals surface area contributed by atoms with Crippen molar-refractivity contribution in [1.29, 1.82) is 0 Å². The number of ketones is 1. The fourth-order valence-electron chi connectivity index (χ4n) is 1.35. The van der Waals surface area contributed by atoms with E-state index in [2.05, 4.69) is 0 Å². The maximum Gasteiger partial charge on any atom is 0.193 e. The fourth-order valence-corrected chi connectivity index (χ4v) is 1.35. The normalized spacial score (nSPS) is 9.07. The summed E-state index contributed by atoms with van der Waals surface area (Å²) in [5.41, 5.74) is 1.47. The molecule has 0 spiro atoms. The van der Waals surface area contributed by atoms with Gasteiger partial charge >= 0.3 is 0 Å². The summed E-state index contributed by atoms with van der Waals surface area (Å²) >= 11 is 0. The molecule has 1 nitrogen and oxygen atoms in total. The number of carbonyl (C=O) groups excluding carboxylic acids is 1. The summed E-state index contributed by atoms with van der Waals surface area (Å²) in [6, 6.07) is 18.6. The Morgan fingerprint density at radius 1 is 0.667 bits per heavy atom. The van der Waals surface area contributed by atoms with Crippen LogP contribution in [0.4, 0.5) is 0 Å². The zero-order chi connectivity index (χ0) is 9.80. The molecule has 2 aromatic rings. The molecular weight excluding hydrogens is 324 g/mol. The van der Waals surface area contributed by atoms with E-state index in [0.717, 1.165) is 11.1 Å². The maximum atomic E-state index is 11.8. The van der Waals surface area contributed by atoms with E-state index in [9.17, 15) is 4.79 Å². The third-order valence-corrected chi connectivity index (χ3v) is 2.07. The molecule has 75 valence electrons. The van der Waals surface area contributed by atoms with Crippen molar-refractivity contribution in [3.63, 3.8) is 0 Å². The predicted molar refractivity (Wildman–Crippen MR) is 56.3 cm³/mol. The molecule has 0 aliphatic carbocycles. The number of benzene rings is 2. The van der Waals surface area contributed by atoms with E-state index >= 15 is 0 Å². The standard InChI is InChI=1S/C13H10O.Eu/c14-13(11-7-3-1-4-8-11)12-9-5-2-6-10-12;/h1-10H;. The van der Waals surface area contributed by atoms with E-state index in [4.69, 9.17) is 0 Å². The quantitative estimate of drug-likeness (QED) is 0.772. The van der Waals surface area contributed by atoms with Gasteiger partial charge in [-0.25, -0.2) is 0 Å². The number of rotatable bonds is 2. The molecule has 0 fully saturated rings. The molecule has 15 heavy (non-hydrogen) atoms. The van der Waals surface area contributed by atoms with Crippen LogP contribution in [0.2, 0.25) is 0 Å². The van der Waals surface area contributed by atoms with Crippen molar-refractivity contribution in [3.8, 4) is 0 Å². The minimum absolute atomic E-state index is 0. The van der Waals surface area contributed by atoms with Crippen molar-refractivity contribution in [2.24, 2.45) is 0 Å². The van der Waals surface area contributed by atoms with E-state index in [-0.39, 0.29) is 55.2 Å². The van der Waals surface area contributed by atoms with Gasteiger partial charge in [0.05, 0.1) is 0 Å². The van der Waals surface area contributed by atoms with Crippen molar-refractivity contribution in [2.45, 2.75) is 0 Å². The summed E-state index contributed by atoms with van der Waals surface area (Å²) in [5.74, 6) is 0.0752. The molecule has 0 aliphatic rings. The van der Waals surface area contributed by atoms with Crippen molar-refractivity contribution < 1.29 is 54.2 Å². The van der Waals surface area contributed by atoms with Crippen molar-refractivity contribution in [1.82, 2.24) is 0 Å². The van der Waals surface area contributed by atoms with Crippen LogP contribution in [0, 0.1) is 49.4 Å². The molecule has 0 aliphatic heterocycles. The Hall–Kier alpha value is -0.306. The molecule has 0 saturated carbocycles. The van der Waals surface area contributed by atoms with Crippen LogP contribution in [0.15, 0.2) is 60.7 Å². The van der Waals surface area contributed by atoms with Crippen LogP contribution in [0.25, 0.3) is 0 Å². The molecular formula is C13H10EuO. The Morgan fingerprint density at radius 2 is 1.00 bits per heavy atom. The molecule has 0 atom stereocenters. The van der Waals surface area contributed by atoms with E-state index < -0.39 is 0 Å². The minimum Gasteiger partial charge on any atom is -0.289 e. The van der Waals surface area contributed by atoms with Gasteiger partial charge in [-0.05, 0) is 0 Å². The molecule has 0 aromatic heterocycles. The molecule has 0 amide bonds. The van der Waals surface area contributed by atoms with Crippen LogP contribution in [0.1, 0.15) is 15.9 Å². The monoisotopic (exact) mass is 335 g/mol. The number of hydrogen-bond donors (Lipinski definition) is 0. The second-order valence-electron chi connectivity index (χ2n) is 3.06. The van der Waals surface area contributed by atoms with Gasteiger partial charge in [0.2, 0.25) is 0 Å². The van der Waals surface area contributed by atoms with Gasteiger partial charge in [0.25, 0.3) is 0 Å².